The van der Waals surface area contributed by atoms with Gasteiger partial charge in [-0.25, -0.2) is 4.79 Å². The number of carbonyl (C=O) groups is 1. The van der Waals surface area contributed by atoms with Gasteiger partial charge in [0.15, 0.2) is 0 Å². The van der Waals surface area contributed by atoms with Crippen molar-refractivity contribution >= 4 is 5.97 Å². The Balaban J connectivity index is 1.13. The molecule has 0 bridgehead atoms. The van der Waals surface area contributed by atoms with E-state index in [0.717, 1.165) is 42.2 Å². The van der Waals surface area contributed by atoms with E-state index in [1.807, 2.05) is 48.5 Å². The van der Waals surface area contributed by atoms with Crippen LogP contribution in [0, 0.1) is 5.92 Å². The molecule has 0 heterocycles. The highest BCUT2D eigenvalue weighted by Gasteiger charge is 2.14. The normalized spacial score (nSPS) is 13.4. The standard InChI is InChI=1S/C38H50O3/c1-2-3-4-6-9-15-32-18-26-37(27-19-32)41-38(39)35-22-20-33(21-23-35)34-24-28-36(29-25-34)40-30-13-8-5-7-10-14-31-16-11-12-17-31/h18-29,31H,2-17,30H2,1H3. The number of unbranched alkanes of at least 4 members (excludes halogenated alkanes) is 8. The Bertz CT molecular complexity index is 1130. The molecule has 0 amide bonds. The van der Waals surface area contributed by atoms with Gasteiger partial charge in [0, 0.05) is 0 Å². The Kier molecular flexibility index (Phi) is 13.3. The maximum absolute atomic E-state index is 12.7. The first-order valence-electron chi connectivity index (χ1n) is 16.4. The summed E-state index contributed by atoms with van der Waals surface area (Å²) in [6, 6.07) is 23.8. The van der Waals surface area contributed by atoms with Crippen LogP contribution in [0.4, 0.5) is 0 Å². The van der Waals surface area contributed by atoms with Gasteiger partial charge in [0.05, 0.1) is 12.2 Å². The Morgan fingerprint density at radius 1 is 0.659 bits per heavy atom. The van der Waals surface area contributed by atoms with E-state index in [1.54, 1.807) is 0 Å². The predicted molar refractivity (Wildman–Crippen MR) is 171 cm³/mol. The van der Waals surface area contributed by atoms with Gasteiger partial charge < -0.3 is 9.47 Å². The van der Waals surface area contributed by atoms with Gasteiger partial charge >= 0.3 is 5.97 Å². The first-order chi connectivity index (χ1) is 20.2. The first-order valence-corrected chi connectivity index (χ1v) is 16.4. The second-order valence-electron chi connectivity index (χ2n) is 11.9. The molecule has 0 aromatic heterocycles. The lowest BCUT2D eigenvalue weighted by Gasteiger charge is -2.09. The number of carbonyl (C=O) groups excluding carboxylic acids is 1. The molecule has 3 heteroatoms. The quantitative estimate of drug-likeness (QED) is 0.0891. The van der Waals surface area contributed by atoms with Gasteiger partial charge in [-0.2, -0.15) is 0 Å². The van der Waals surface area contributed by atoms with Crippen LogP contribution >= 0.6 is 0 Å². The third kappa shape index (κ3) is 11.0. The smallest absolute Gasteiger partial charge is 0.343 e. The second kappa shape index (κ2) is 17.7. The van der Waals surface area contributed by atoms with Gasteiger partial charge in [-0.15, -0.1) is 0 Å². The highest BCUT2D eigenvalue weighted by Crippen LogP contribution is 2.29. The number of aryl methyl sites for hydroxylation is 1. The van der Waals surface area contributed by atoms with Crippen molar-refractivity contribution in [3.8, 4) is 22.6 Å². The molecular weight excluding hydrogens is 504 g/mol. The molecule has 41 heavy (non-hydrogen) atoms. The third-order valence-corrected chi connectivity index (χ3v) is 8.51. The van der Waals surface area contributed by atoms with Crippen LogP contribution in [-0.4, -0.2) is 12.6 Å². The Hall–Kier alpha value is -3.07. The van der Waals surface area contributed by atoms with Crippen LogP contribution in [-0.2, 0) is 6.42 Å². The third-order valence-electron chi connectivity index (χ3n) is 8.51. The second-order valence-corrected chi connectivity index (χ2v) is 11.9. The van der Waals surface area contributed by atoms with Crippen molar-refractivity contribution in [1.29, 1.82) is 0 Å². The minimum absolute atomic E-state index is 0.332. The zero-order valence-corrected chi connectivity index (χ0v) is 25.3. The average molecular weight is 555 g/mol. The van der Waals surface area contributed by atoms with E-state index in [2.05, 4.69) is 31.2 Å². The molecule has 1 fully saturated rings. The molecule has 3 aromatic carbocycles. The zero-order chi connectivity index (χ0) is 28.5. The van der Waals surface area contributed by atoms with E-state index in [-0.39, 0.29) is 5.97 Å². The van der Waals surface area contributed by atoms with E-state index in [0.29, 0.717) is 11.3 Å². The van der Waals surface area contributed by atoms with Crippen LogP contribution < -0.4 is 9.47 Å². The van der Waals surface area contributed by atoms with Crippen molar-refractivity contribution in [3.63, 3.8) is 0 Å². The van der Waals surface area contributed by atoms with E-state index in [4.69, 9.17) is 9.47 Å². The summed E-state index contributed by atoms with van der Waals surface area (Å²) in [6.45, 7) is 3.02. The molecule has 0 unspecified atom stereocenters. The van der Waals surface area contributed by atoms with Gasteiger partial charge in [-0.1, -0.05) is 127 Å². The van der Waals surface area contributed by atoms with Gasteiger partial charge in [-0.05, 0) is 78.3 Å². The number of benzene rings is 3. The highest BCUT2D eigenvalue weighted by molar-refractivity contribution is 5.91. The van der Waals surface area contributed by atoms with Crippen LogP contribution in [0.2, 0.25) is 0 Å². The minimum atomic E-state index is -0.332. The zero-order valence-electron chi connectivity index (χ0n) is 25.3. The van der Waals surface area contributed by atoms with Gasteiger partial charge in [0.25, 0.3) is 0 Å². The van der Waals surface area contributed by atoms with Crippen molar-refractivity contribution in [2.75, 3.05) is 6.61 Å². The molecule has 0 saturated heterocycles. The lowest BCUT2D eigenvalue weighted by atomic mass is 9.99. The molecule has 0 N–H and O–H groups in total. The lowest BCUT2D eigenvalue weighted by molar-refractivity contribution is 0.0734. The van der Waals surface area contributed by atoms with Gasteiger partial charge in [0.1, 0.15) is 11.5 Å². The molecular formula is C38H50O3. The topological polar surface area (TPSA) is 35.5 Å². The Morgan fingerprint density at radius 2 is 1.24 bits per heavy atom. The van der Waals surface area contributed by atoms with Crippen molar-refractivity contribution in [3.05, 3.63) is 83.9 Å². The van der Waals surface area contributed by atoms with Crippen molar-refractivity contribution in [2.24, 2.45) is 5.92 Å². The molecule has 1 saturated carbocycles. The SMILES string of the molecule is CCCCCCCc1ccc(OC(=O)c2ccc(-c3ccc(OCCCCCCCC4CCCC4)cc3)cc2)cc1. The molecule has 4 rings (SSSR count). The molecule has 3 aromatic rings. The fraction of sp³-hybridized carbons (Fsp3) is 0.500. The minimum Gasteiger partial charge on any atom is -0.494 e. The lowest BCUT2D eigenvalue weighted by Crippen LogP contribution is -2.08. The fourth-order valence-corrected chi connectivity index (χ4v) is 5.92. The van der Waals surface area contributed by atoms with E-state index >= 15 is 0 Å². The van der Waals surface area contributed by atoms with Crippen LogP contribution in [0.3, 0.4) is 0 Å². The first kappa shape index (κ1) is 30.9. The summed E-state index contributed by atoms with van der Waals surface area (Å²) < 4.78 is 11.6. The maximum atomic E-state index is 12.7. The van der Waals surface area contributed by atoms with E-state index < -0.39 is 0 Å². The summed E-state index contributed by atoms with van der Waals surface area (Å²) in [5.41, 5.74) is 4.01. The van der Waals surface area contributed by atoms with Crippen LogP contribution in [0.1, 0.15) is 119 Å². The summed E-state index contributed by atoms with van der Waals surface area (Å²) in [4.78, 5) is 12.7. The monoisotopic (exact) mass is 554 g/mol. The molecule has 3 nitrogen and oxygen atoms in total. The number of esters is 1. The van der Waals surface area contributed by atoms with E-state index in [9.17, 15) is 4.79 Å². The summed E-state index contributed by atoms with van der Waals surface area (Å²) in [5, 5.41) is 0. The summed E-state index contributed by atoms with van der Waals surface area (Å²) in [5.74, 6) is 2.20. The van der Waals surface area contributed by atoms with Gasteiger partial charge in [0.2, 0.25) is 0 Å². The van der Waals surface area contributed by atoms with Crippen molar-refractivity contribution < 1.29 is 14.3 Å². The number of rotatable bonds is 18. The average Bonchev–Trinajstić information content (AvgIpc) is 3.53. The fourth-order valence-electron chi connectivity index (χ4n) is 5.92. The number of ether oxygens (including phenoxy) is 2. The number of hydrogen-bond acceptors (Lipinski definition) is 3. The van der Waals surface area contributed by atoms with E-state index in [1.165, 1.54) is 95.5 Å². The van der Waals surface area contributed by atoms with Crippen LogP contribution in [0.5, 0.6) is 11.5 Å². The Labute approximate surface area is 248 Å². The molecule has 1 aliphatic carbocycles. The summed E-state index contributed by atoms with van der Waals surface area (Å²) >= 11 is 0. The predicted octanol–water partition coefficient (Wildman–Crippen LogP) is 11.0. The molecule has 0 aliphatic heterocycles. The Morgan fingerprint density at radius 3 is 1.95 bits per heavy atom. The highest BCUT2D eigenvalue weighted by atomic mass is 16.5. The molecule has 0 spiro atoms. The number of hydrogen-bond donors (Lipinski definition) is 0. The molecule has 1 aliphatic rings. The molecule has 220 valence electrons. The summed E-state index contributed by atoms with van der Waals surface area (Å²) in [6.07, 6.45) is 21.2. The van der Waals surface area contributed by atoms with Crippen LogP contribution in [0.25, 0.3) is 11.1 Å². The molecule has 0 atom stereocenters. The maximum Gasteiger partial charge on any atom is 0.343 e. The van der Waals surface area contributed by atoms with Crippen LogP contribution in [0.15, 0.2) is 72.8 Å². The van der Waals surface area contributed by atoms with Gasteiger partial charge in [-0.3, -0.25) is 0 Å². The molecule has 0 radical (unpaired) electrons. The largest absolute Gasteiger partial charge is 0.494 e. The van der Waals surface area contributed by atoms with Crippen molar-refractivity contribution in [1.82, 2.24) is 0 Å². The van der Waals surface area contributed by atoms with Crippen molar-refractivity contribution in [2.45, 2.75) is 110 Å². The summed E-state index contributed by atoms with van der Waals surface area (Å²) in [7, 11) is 0.